The number of fused-ring (bicyclic) bond motifs is 1. The molecule has 0 radical (unpaired) electrons. The van der Waals surface area contributed by atoms with Crippen LogP contribution in [0.1, 0.15) is 23.7 Å². The van der Waals surface area contributed by atoms with Gasteiger partial charge >= 0.3 is 0 Å². The van der Waals surface area contributed by atoms with Crippen LogP contribution in [0.5, 0.6) is 0 Å². The second-order valence-corrected chi connectivity index (χ2v) is 5.75. The molecule has 2 atom stereocenters. The molecule has 0 spiro atoms. The van der Waals surface area contributed by atoms with Crippen molar-refractivity contribution in [3.63, 3.8) is 0 Å². The van der Waals surface area contributed by atoms with E-state index in [9.17, 15) is 9.59 Å². The van der Waals surface area contributed by atoms with Gasteiger partial charge in [-0.3, -0.25) is 9.59 Å². The zero-order chi connectivity index (χ0) is 15.0. The average Bonchev–Trinajstić information content (AvgIpc) is 2.95. The van der Waals surface area contributed by atoms with Crippen molar-refractivity contribution in [2.45, 2.75) is 19.4 Å². The Hall–Kier alpha value is -1.85. The molecule has 1 fully saturated rings. The first-order valence-corrected chi connectivity index (χ1v) is 7.23. The molecule has 5 nitrogen and oxygen atoms in total. The van der Waals surface area contributed by atoms with Crippen LogP contribution < -0.4 is 11.3 Å². The Morgan fingerprint density at radius 3 is 2.82 bits per heavy atom. The fourth-order valence-corrected chi connectivity index (χ4v) is 2.95. The standard InChI is InChI=1S/C16H19N3O2.ClH/c1-10(17)11-6-7-19(9-11)16(21)13-8-15(20)18-14-5-3-2-4-12(13)14;/h2-5,8,10-11H,6-7,9,17H2,1H3,(H,18,20);1H. The van der Waals surface area contributed by atoms with Crippen molar-refractivity contribution >= 4 is 29.2 Å². The first-order valence-electron chi connectivity index (χ1n) is 7.23. The summed E-state index contributed by atoms with van der Waals surface area (Å²) in [6, 6.07) is 8.85. The van der Waals surface area contributed by atoms with E-state index in [2.05, 4.69) is 4.98 Å². The maximum Gasteiger partial charge on any atom is 0.254 e. The number of aromatic amines is 1. The molecular formula is C16H20ClN3O2. The SMILES string of the molecule is CC(N)C1CCN(C(=O)c2cc(=O)[nH]c3ccccc23)C1.Cl. The van der Waals surface area contributed by atoms with Crippen LogP contribution in [0.4, 0.5) is 0 Å². The van der Waals surface area contributed by atoms with Crippen molar-refractivity contribution in [3.8, 4) is 0 Å². The third-order valence-corrected chi connectivity index (χ3v) is 4.24. The first kappa shape index (κ1) is 16.5. The van der Waals surface area contributed by atoms with Crippen molar-refractivity contribution < 1.29 is 4.79 Å². The molecule has 0 aliphatic carbocycles. The highest BCUT2D eigenvalue weighted by atomic mass is 35.5. The van der Waals surface area contributed by atoms with Gasteiger partial charge in [0.05, 0.1) is 5.56 Å². The lowest BCUT2D eigenvalue weighted by Crippen LogP contribution is -2.33. The largest absolute Gasteiger partial charge is 0.338 e. The smallest absolute Gasteiger partial charge is 0.254 e. The summed E-state index contributed by atoms with van der Waals surface area (Å²) in [5.41, 5.74) is 6.83. The quantitative estimate of drug-likeness (QED) is 0.884. The van der Waals surface area contributed by atoms with Crippen molar-refractivity contribution in [1.29, 1.82) is 0 Å². The summed E-state index contributed by atoms with van der Waals surface area (Å²) in [5, 5.41) is 0.784. The maximum atomic E-state index is 12.7. The van der Waals surface area contributed by atoms with Crippen LogP contribution in [0.2, 0.25) is 0 Å². The minimum Gasteiger partial charge on any atom is -0.338 e. The summed E-state index contributed by atoms with van der Waals surface area (Å²) in [6.07, 6.45) is 0.921. The molecule has 1 aliphatic rings. The van der Waals surface area contributed by atoms with Crippen LogP contribution in [-0.4, -0.2) is 34.9 Å². The average molecular weight is 322 g/mol. The number of pyridine rings is 1. The topological polar surface area (TPSA) is 79.2 Å². The van der Waals surface area contributed by atoms with Crippen LogP contribution in [0.25, 0.3) is 10.9 Å². The second kappa shape index (κ2) is 6.50. The van der Waals surface area contributed by atoms with Crippen LogP contribution >= 0.6 is 12.4 Å². The lowest BCUT2D eigenvalue weighted by Gasteiger charge is -2.19. The Labute approximate surface area is 134 Å². The van der Waals surface area contributed by atoms with Gasteiger partial charge in [-0.1, -0.05) is 18.2 Å². The highest BCUT2D eigenvalue weighted by molar-refractivity contribution is 6.06. The first-order chi connectivity index (χ1) is 10.1. The molecule has 1 amide bonds. The molecule has 2 unspecified atom stereocenters. The molecule has 118 valence electrons. The summed E-state index contributed by atoms with van der Waals surface area (Å²) in [7, 11) is 0. The fraction of sp³-hybridized carbons (Fsp3) is 0.375. The molecule has 2 aromatic rings. The number of nitrogens with zero attached hydrogens (tertiary/aromatic N) is 1. The number of hydrogen-bond donors (Lipinski definition) is 2. The summed E-state index contributed by atoms with van der Waals surface area (Å²) >= 11 is 0. The van der Waals surface area contributed by atoms with Crippen molar-refractivity contribution in [1.82, 2.24) is 9.88 Å². The molecule has 6 heteroatoms. The molecule has 0 bridgehead atoms. The van der Waals surface area contributed by atoms with E-state index in [0.717, 1.165) is 11.8 Å². The number of nitrogens with two attached hydrogens (primary N) is 1. The summed E-state index contributed by atoms with van der Waals surface area (Å²) < 4.78 is 0. The summed E-state index contributed by atoms with van der Waals surface area (Å²) in [4.78, 5) is 29.0. The molecule has 3 N–H and O–H groups in total. The van der Waals surface area contributed by atoms with E-state index in [1.165, 1.54) is 6.07 Å². The number of aromatic nitrogens is 1. The number of benzene rings is 1. The molecular weight excluding hydrogens is 302 g/mol. The number of carbonyl (C=O) groups excluding carboxylic acids is 1. The predicted molar refractivity (Wildman–Crippen MR) is 89.5 cm³/mol. The molecule has 1 aromatic heterocycles. The number of hydrogen-bond acceptors (Lipinski definition) is 3. The van der Waals surface area contributed by atoms with Crippen molar-refractivity contribution in [2.75, 3.05) is 13.1 Å². The van der Waals surface area contributed by atoms with E-state index in [1.807, 2.05) is 31.2 Å². The van der Waals surface area contributed by atoms with Gasteiger partial charge in [0.2, 0.25) is 5.56 Å². The molecule has 1 aliphatic heterocycles. The van der Waals surface area contributed by atoms with Gasteiger partial charge in [-0.25, -0.2) is 0 Å². The molecule has 0 saturated carbocycles. The van der Waals surface area contributed by atoms with Crippen molar-refractivity contribution in [2.24, 2.45) is 11.7 Å². The van der Waals surface area contributed by atoms with E-state index < -0.39 is 0 Å². The molecule has 3 rings (SSSR count). The zero-order valence-corrected chi connectivity index (χ0v) is 13.2. The fourth-order valence-electron chi connectivity index (χ4n) is 2.95. The van der Waals surface area contributed by atoms with E-state index in [1.54, 1.807) is 4.90 Å². The number of halogens is 1. The Morgan fingerprint density at radius 1 is 1.41 bits per heavy atom. The van der Waals surface area contributed by atoms with Crippen molar-refractivity contribution in [3.05, 3.63) is 46.2 Å². The van der Waals surface area contributed by atoms with Crippen LogP contribution in [0, 0.1) is 5.92 Å². The van der Waals surface area contributed by atoms with E-state index >= 15 is 0 Å². The molecule has 1 saturated heterocycles. The van der Waals surface area contributed by atoms with Crippen LogP contribution in [-0.2, 0) is 0 Å². The molecule has 22 heavy (non-hydrogen) atoms. The molecule has 2 heterocycles. The molecule has 1 aromatic carbocycles. The van der Waals surface area contributed by atoms with Gasteiger partial charge in [0.15, 0.2) is 0 Å². The lowest BCUT2D eigenvalue weighted by atomic mass is 10.0. The number of likely N-dealkylation sites (tertiary alicyclic amines) is 1. The zero-order valence-electron chi connectivity index (χ0n) is 12.4. The maximum absolute atomic E-state index is 12.7. The minimum absolute atomic E-state index is 0. The van der Waals surface area contributed by atoms with Gasteiger partial charge < -0.3 is 15.6 Å². The monoisotopic (exact) mass is 321 g/mol. The Morgan fingerprint density at radius 2 is 2.14 bits per heavy atom. The van der Waals surface area contributed by atoms with Crippen LogP contribution in [0.3, 0.4) is 0 Å². The van der Waals surface area contributed by atoms with Crippen LogP contribution in [0.15, 0.2) is 35.1 Å². The van der Waals surface area contributed by atoms with Gasteiger partial charge in [0.1, 0.15) is 0 Å². The Bertz CT molecular complexity index is 741. The number of amides is 1. The number of nitrogens with one attached hydrogen (secondary N) is 1. The highest BCUT2D eigenvalue weighted by Gasteiger charge is 2.29. The van der Waals surface area contributed by atoms with E-state index in [0.29, 0.717) is 30.1 Å². The van der Waals surface area contributed by atoms with E-state index in [4.69, 9.17) is 5.73 Å². The highest BCUT2D eigenvalue weighted by Crippen LogP contribution is 2.23. The normalized spacial score (nSPS) is 19.0. The van der Waals surface area contributed by atoms with Gasteiger partial charge in [-0.15, -0.1) is 12.4 Å². The van der Waals surface area contributed by atoms with Gasteiger partial charge in [-0.2, -0.15) is 0 Å². The Kier molecular flexibility index (Phi) is 4.88. The Balaban J connectivity index is 0.00000176. The number of rotatable bonds is 2. The van der Waals surface area contributed by atoms with Gasteiger partial charge in [-0.05, 0) is 25.3 Å². The minimum atomic E-state index is -0.250. The predicted octanol–water partition coefficient (Wildman–Crippen LogP) is 1.76. The van der Waals surface area contributed by atoms with Gasteiger partial charge in [0, 0.05) is 36.1 Å². The third kappa shape index (κ3) is 3.00. The second-order valence-electron chi connectivity index (χ2n) is 5.75. The number of carbonyl (C=O) groups is 1. The summed E-state index contributed by atoms with van der Waals surface area (Å²) in [6.45, 7) is 3.34. The van der Waals surface area contributed by atoms with E-state index in [-0.39, 0.29) is 29.9 Å². The summed E-state index contributed by atoms with van der Waals surface area (Å²) in [5.74, 6) is 0.252. The van der Waals surface area contributed by atoms with Gasteiger partial charge in [0.25, 0.3) is 5.91 Å². The number of para-hydroxylation sites is 1. The third-order valence-electron chi connectivity index (χ3n) is 4.24. The number of H-pyrrole nitrogens is 1. The lowest BCUT2D eigenvalue weighted by molar-refractivity contribution is 0.0787.